The molecule has 1 rings (SSSR count). The summed E-state index contributed by atoms with van der Waals surface area (Å²) in [6.45, 7) is 0.512. The first-order valence-electron chi connectivity index (χ1n) is 5.29. The van der Waals surface area contributed by atoms with Crippen LogP contribution in [0, 0.1) is 0 Å². The number of hydrogen-bond acceptors (Lipinski definition) is 3. The van der Waals surface area contributed by atoms with Gasteiger partial charge in [-0.25, -0.2) is 0 Å². The second kappa shape index (κ2) is 6.85. The van der Waals surface area contributed by atoms with Gasteiger partial charge < -0.3 is 15.2 Å². The number of aliphatic hydroxyl groups excluding tert-OH is 1. The van der Waals surface area contributed by atoms with Crippen molar-refractivity contribution in [1.29, 1.82) is 0 Å². The summed E-state index contributed by atoms with van der Waals surface area (Å²) in [5.41, 5.74) is 0.823. The summed E-state index contributed by atoms with van der Waals surface area (Å²) in [7, 11) is 1.62. The molecule has 0 atom stereocenters. The highest BCUT2D eigenvalue weighted by molar-refractivity contribution is 5.75. The zero-order valence-corrected chi connectivity index (χ0v) is 9.40. The van der Waals surface area contributed by atoms with E-state index >= 15 is 0 Å². The molecule has 0 spiro atoms. The minimum Gasteiger partial charge on any atom is -0.494 e. The SMILES string of the molecule is CNC(=O)CCCOc1cccc(CO)c1. The molecule has 0 radical (unpaired) electrons. The molecule has 0 saturated heterocycles. The molecule has 1 aromatic carbocycles. The third kappa shape index (κ3) is 4.31. The van der Waals surface area contributed by atoms with Crippen LogP contribution in [0.1, 0.15) is 18.4 Å². The average molecular weight is 223 g/mol. The minimum atomic E-state index is 0.00937. The molecule has 16 heavy (non-hydrogen) atoms. The Morgan fingerprint density at radius 3 is 3.00 bits per heavy atom. The molecule has 0 aliphatic rings. The second-order valence-electron chi connectivity index (χ2n) is 3.43. The molecule has 0 aromatic heterocycles. The van der Waals surface area contributed by atoms with Gasteiger partial charge in [-0.3, -0.25) is 4.79 Å². The number of benzene rings is 1. The van der Waals surface area contributed by atoms with Gasteiger partial charge in [0.2, 0.25) is 5.91 Å². The lowest BCUT2D eigenvalue weighted by molar-refractivity contribution is -0.120. The monoisotopic (exact) mass is 223 g/mol. The number of rotatable bonds is 6. The van der Waals surface area contributed by atoms with Crippen LogP contribution in [0.4, 0.5) is 0 Å². The number of ether oxygens (including phenoxy) is 1. The van der Waals surface area contributed by atoms with Crippen molar-refractivity contribution < 1.29 is 14.6 Å². The van der Waals surface area contributed by atoms with Gasteiger partial charge in [0.05, 0.1) is 13.2 Å². The Kier molecular flexibility index (Phi) is 5.36. The van der Waals surface area contributed by atoms with E-state index in [2.05, 4.69) is 5.32 Å². The van der Waals surface area contributed by atoms with Crippen LogP contribution in [0.25, 0.3) is 0 Å². The topological polar surface area (TPSA) is 58.6 Å². The van der Waals surface area contributed by atoms with E-state index < -0.39 is 0 Å². The predicted octanol–water partition coefficient (Wildman–Crippen LogP) is 1.08. The van der Waals surface area contributed by atoms with E-state index in [1.165, 1.54) is 0 Å². The van der Waals surface area contributed by atoms with Gasteiger partial charge in [0.1, 0.15) is 5.75 Å². The Morgan fingerprint density at radius 2 is 2.31 bits per heavy atom. The Labute approximate surface area is 95.2 Å². The number of nitrogens with one attached hydrogen (secondary N) is 1. The molecule has 4 nitrogen and oxygen atoms in total. The summed E-state index contributed by atoms with van der Waals surface area (Å²) in [6.07, 6.45) is 1.15. The minimum absolute atomic E-state index is 0.00937. The first-order chi connectivity index (χ1) is 7.76. The van der Waals surface area contributed by atoms with E-state index in [1.807, 2.05) is 18.2 Å². The lowest BCUT2D eigenvalue weighted by Crippen LogP contribution is -2.18. The number of carbonyl (C=O) groups is 1. The third-order valence-corrected chi connectivity index (χ3v) is 2.18. The first kappa shape index (κ1) is 12.5. The van der Waals surface area contributed by atoms with Crippen molar-refractivity contribution in [1.82, 2.24) is 5.32 Å². The maximum absolute atomic E-state index is 10.9. The molecule has 0 aliphatic heterocycles. The van der Waals surface area contributed by atoms with E-state index in [-0.39, 0.29) is 12.5 Å². The highest BCUT2D eigenvalue weighted by atomic mass is 16.5. The second-order valence-corrected chi connectivity index (χ2v) is 3.43. The van der Waals surface area contributed by atoms with Gasteiger partial charge in [0.25, 0.3) is 0 Å². The Morgan fingerprint density at radius 1 is 1.50 bits per heavy atom. The fourth-order valence-corrected chi connectivity index (χ4v) is 1.28. The molecular weight excluding hydrogens is 206 g/mol. The van der Waals surface area contributed by atoms with E-state index in [4.69, 9.17) is 9.84 Å². The number of carbonyl (C=O) groups excluding carboxylic acids is 1. The van der Waals surface area contributed by atoms with Gasteiger partial charge in [-0.15, -0.1) is 0 Å². The lowest BCUT2D eigenvalue weighted by atomic mass is 10.2. The summed E-state index contributed by atoms with van der Waals surface area (Å²) in [4.78, 5) is 10.9. The standard InChI is InChI=1S/C12H17NO3/c1-13-12(15)6-3-7-16-11-5-2-4-10(8-11)9-14/h2,4-5,8,14H,3,6-7,9H2,1H3,(H,13,15). The zero-order chi connectivity index (χ0) is 11.8. The van der Waals surface area contributed by atoms with Crippen molar-refractivity contribution in [3.05, 3.63) is 29.8 Å². The maximum Gasteiger partial charge on any atom is 0.219 e. The van der Waals surface area contributed by atoms with Gasteiger partial charge in [-0.05, 0) is 24.1 Å². The first-order valence-corrected chi connectivity index (χ1v) is 5.29. The van der Waals surface area contributed by atoms with E-state index in [0.29, 0.717) is 19.4 Å². The van der Waals surface area contributed by atoms with Crippen LogP contribution in [0.2, 0.25) is 0 Å². The highest BCUT2D eigenvalue weighted by Crippen LogP contribution is 2.13. The summed E-state index contributed by atoms with van der Waals surface area (Å²) < 4.78 is 5.45. The smallest absolute Gasteiger partial charge is 0.219 e. The summed E-state index contributed by atoms with van der Waals surface area (Å²) in [5.74, 6) is 0.746. The van der Waals surface area contributed by atoms with Crippen LogP contribution < -0.4 is 10.1 Å². The number of amides is 1. The molecule has 0 saturated carbocycles. The molecule has 0 aliphatic carbocycles. The summed E-state index contributed by atoms with van der Waals surface area (Å²) >= 11 is 0. The Balaban J connectivity index is 2.28. The van der Waals surface area contributed by atoms with Crippen molar-refractivity contribution in [2.75, 3.05) is 13.7 Å². The van der Waals surface area contributed by atoms with E-state index in [1.54, 1.807) is 13.1 Å². The van der Waals surface area contributed by atoms with Gasteiger partial charge in [0.15, 0.2) is 0 Å². The summed E-state index contributed by atoms with van der Waals surface area (Å²) in [5, 5.41) is 11.5. The molecule has 0 fully saturated rings. The Bertz CT molecular complexity index is 339. The van der Waals surface area contributed by atoms with Crippen molar-refractivity contribution in [3.63, 3.8) is 0 Å². The van der Waals surface area contributed by atoms with Crippen LogP contribution >= 0.6 is 0 Å². The van der Waals surface area contributed by atoms with Crippen LogP contribution in [0.5, 0.6) is 5.75 Å². The molecule has 2 N–H and O–H groups in total. The normalized spacial score (nSPS) is 9.88. The van der Waals surface area contributed by atoms with Crippen LogP contribution in [-0.2, 0) is 11.4 Å². The molecule has 4 heteroatoms. The molecule has 0 bridgehead atoms. The average Bonchev–Trinajstić information content (AvgIpc) is 2.34. The molecule has 1 amide bonds. The molecular formula is C12H17NO3. The number of hydrogen-bond donors (Lipinski definition) is 2. The predicted molar refractivity (Wildman–Crippen MR) is 61.2 cm³/mol. The molecule has 88 valence electrons. The molecule has 1 aromatic rings. The lowest BCUT2D eigenvalue weighted by Gasteiger charge is -2.06. The maximum atomic E-state index is 10.9. The van der Waals surface area contributed by atoms with E-state index in [9.17, 15) is 4.79 Å². The quantitative estimate of drug-likeness (QED) is 0.710. The van der Waals surface area contributed by atoms with Crippen molar-refractivity contribution in [2.24, 2.45) is 0 Å². The van der Waals surface area contributed by atoms with Crippen LogP contribution in [0.15, 0.2) is 24.3 Å². The van der Waals surface area contributed by atoms with Crippen molar-refractivity contribution in [3.8, 4) is 5.75 Å². The fraction of sp³-hybridized carbons (Fsp3) is 0.417. The fourth-order valence-electron chi connectivity index (χ4n) is 1.28. The third-order valence-electron chi connectivity index (χ3n) is 2.18. The van der Waals surface area contributed by atoms with Gasteiger partial charge in [0, 0.05) is 13.5 Å². The van der Waals surface area contributed by atoms with Crippen LogP contribution in [-0.4, -0.2) is 24.7 Å². The largest absolute Gasteiger partial charge is 0.494 e. The van der Waals surface area contributed by atoms with Gasteiger partial charge in [-0.1, -0.05) is 12.1 Å². The van der Waals surface area contributed by atoms with Gasteiger partial charge >= 0.3 is 0 Å². The summed E-state index contributed by atoms with van der Waals surface area (Å²) in [6, 6.07) is 7.29. The van der Waals surface area contributed by atoms with Gasteiger partial charge in [-0.2, -0.15) is 0 Å². The molecule has 0 heterocycles. The van der Waals surface area contributed by atoms with Crippen LogP contribution in [0.3, 0.4) is 0 Å². The van der Waals surface area contributed by atoms with E-state index in [0.717, 1.165) is 11.3 Å². The Hall–Kier alpha value is -1.55. The van der Waals surface area contributed by atoms with Crippen molar-refractivity contribution in [2.45, 2.75) is 19.4 Å². The highest BCUT2D eigenvalue weighted by Gasteiger charge is 1.99. The van der Waals surface area contributed by atoms with Crippen molar-refractivity contribution >= 4 is 5.91 Å². The molecule has 0 unspecified atom stereocenters. The number of aliphatic hydroxyl groups is 1. The zero-order valence-electron chi connectivity index (χ0n) is 9.40.